The summed E-state index contributed by atoms with van der Waals surface area (Å²) in [5, 5.41) is 13.4. The molecule has 0 spiro atoms. The van der Waals surface area contributed by atoms with E-state index < -0.39 is 0 Å². The van der Waals surface area contributed by atoms with Gasteiger partial charge in [0.15, 0.2) is 0 Å². The maximum atomic E-state index is 8.41. The summed E-state index contributed by atoms with van der Waals surface area (Å²) in [6.07, 6.45) is 0. The van der Waals surface area contributed by atoms with Gasteiger partial charge in [-0.3, -0.25) is 0 Å². The summed E-state index contributed by atoms with van der Waals surface area (Å²) in [4.78, 5) is 3.02. The molecule has 0 aliphatic heterocycles. The van der Waals surface area contributed by atoms with Crippen molar-refractivity contribution in [2.24, 2.45) is 5.11 Å². The quantitative estimate of drug-likeness (QED) is 0.344. The van der Waals surface area contributed by atoms with E-state index >= 15 is 0 Å². The third-order valence-electron chi connectivity index (χ3n) is 0.898. The van der Waals surface area contributed by atoms with Crippen molar-refractivity contribution in [3.8, 4) is 6.07 Å². The SMILES string of the molecule is N#Cc1sccc1N=[N+]=[N-]. The van der Waals surface area contributed by atoms with Crippen LogP contribution in [0.4, 0.5) is 5.69 Å². The van der Waals surface area contributed by atoms with Crippen LogP contribution in [-0.2, 0) is 0 Å². The fourth-order valence-electron chi connectivity index (χ4n) is 0.513. The molecule has 0 bridgehead atoms. The molecule has 0 radical (unpaired) electrons. The van der Waals surface area contributed by atoms with E-state index in [1.165, 1.54) is 11.3 Å². The smallest absolute Gasteiger partial charge is 0.114 e. The highest BCUT2D eigenvalue weighted by atomic mass is 32.1. The lowest BCUT2D eigenvalue weighted by Crippen LogP contribution is -1.58. The van der Waals surface area contributed by atoms with E-state index in [-0.39, 0.29) is 0 Å². The zero-order valence-electron chi connectivity index (χ0n) is 4.85. The fraction of sp³-hybridized carbons (Fsp3) is 0. The first-order chi connectivity index (χ1) is 4.88. The summed E-state index contributed by atoms with van der Waals surface area (Å²) in [6, 6.07) is 3.53. The van der Waals surface area contributed by atoms with Crippen molar-refractivity contribution in [1.29, 1.82) is 5.26 Å². The lowest BCUT2D eigenvalue weighted by Gasteiger charge is -1.78. The zero-order chi connectivity index (χ0) is 7.40. The Bertz CT molecular complexity index is 315. The second kappa shape index (κ2) is 2.87. The van der Waals surface area contributed by atoms with E-state index in [0.29, 0.717) is 10.6 Å². The Hall–Kier alpha value is -1.50. The van der Waals surface area contributed by atoms with Crippen molar-refractivity contribution in [2.75, 3.05) is 0 Å². The van der Waals surface area contributed by atoms with E-state index in [4.69, 9.17) is 10.8 Å². The number of hydrogen-bond donors (Lipinski definition) is 0. The van der Waals surface area contributed by atoms with Crippen molar-refractivity contribution in [3.05, 3.63) is 26.8 Å². The van der Waals surface area contributed by atoms with Crippen LogP contribution in [0.15, 0.2) is 16.6 Å². The van der Waals surface area contributed by atoms with Gasteiger partial charge in [0.25, 0.3) is 0 Å². The molecule has 48 valence electrons. The van der Waals surface area contributed by atoms with Crippen molar-refractivity contribution in [3.63, 3.8) is 0 Å². The number of hydrogen-bond acceptors (Lipinski definition) is 3. The number of thiophene rings is 1. The summed E-state index contributed by atoms with van der Waals surface area (Å²) >= 11 is 1.26. The van der Waals surface area contributed by atoms with E-state index in [1.54, 1.807) is 11.4 Å². The Kier molecular flexibility index (Phi) is 1.90. The van der Waals surface area contributed by atoms with Gasteiger partial charge in [-0.05, 0) is 17.0 Å². The second-order valence-electron chi connectivity index (χ2n) is 1.44. The third-order valence-corrected chi connectivity index (χ3v) is 1.71. The first kappa shape index (κ1) is 6.62. The molecule has 0 unspecified atom stereocenters. The molecule has 5 heteroatoms. The first-order valence-electron chi connectivity index (χ1n) is 2.41. The van der Waals surface area contributed by atoms with Crippen LogP contribution < -0.4 is 0 Å². The lowest BCUT2D eigenvalue weighted by atomic mass is 10.4. The molecule has 1 aromatic rings. The van der Waals surface area contributed by atoms with Crippen molar-refractivity contribution >= 4 is 17.0 Å². The molecule has 0 fully saturated rings. The van der Waals surface area contributed by atoms with Crippen molar-refractivity contribution in [1.82, 2.24) is 0 Å². The van der Waals surface area contributed by atoms with Crippen LogP contribution in [0.1, 0.15) is 4.88 Å². The molecular weight excluding hydrogens is 148 g/mol. The maximum Gasteiger partial charge on any atom is 0.114 e. The predicted octanol–water partition coefficient (Wildman–Crippen LogP) is 2.56. The Morgan fingerprint density at radius 3 is 3.20 bits per heavy atom. The number of nitriles is 1. The molecule has 1 aromatic heterocycles. The minimum Gasteiger partial charge on any atom is -0.192 e. The van der Waals surface area contributed by atoms with Crippen LogP contribution in [0, 0.1) is 11.3 Å². The molecule has 1 rings (SSSR count). The predicted molar refractivity (Wildman–Crippen MR) is 37.8 cm³/mol. The minimum atomic E-state index is 0.412. The molecule has 0 aliphatic rings. The van der Waals surface area contributed by atoms with Gasteiger partial charge in [0.2, 0.25) is 0 Å². The maximum absolute atomic E-state index is 8.41. The van der Waals surface area contributed by atoms with Crippen LogP contribution in [0.3, 0.4) is 0 Å². The normalized spacial score (nSPS) is 7.90. The molecule has 0 N–H and O–H groups in total. The topological polar surface area (TPSA) is 72.5 Å². The Balaban J connectivity index is 3.16. The van der Waals surface area contributed by atoms with Crippen LogP contribution >= 0.6 is 11.3 Å². The van der Waals surface area contributed by atoms with Gasteiger partial charge in [0.1, 0.15) is 10.9 Å². The molecule has 4 nitrogen and oxygen atoms in total. The number of rotatable bonds is 1. The summed E-state index contributed by atoms with van der Waals surface area (Å²) in [5.74, 6) is 0. The Labute approximate surface area is 61.0 Å². The summed E-state index contributed by atoms with van der Waals surface area (Å²) in [7, 11) is 0. The summed E-state index contributed by atoms with van der Waals surface area (Å²) < 4.78 is 0. The molecule has 0 saturated carbocycles. The fourth-order valence-corrected chi connectivity index (χ4v) is 1.13. The molecule has 0 amide bonds. The van der Waals surface area contributed by atoms with Crippen LogP contribution in [0.2, 0.25) is 0 Å². The molecule has 1 heterocycles. The zero-order valence-corrected chi connectivity index (χ0v) is 5.67. The van der Waals surface area contributed by atoms with Crippen LogP contribution in [0.5, 0.6) is 0 Å². The second-order valence-corrected chi connectivity index (χ2v) is 2.35. The van der Waals surface area contributed by atoms with Gasteiger partial charge in [-0.25, -0.2) is 0 Å². The van der Waals surface area contributed by atoms with Gasteiger partial charge in [0, 0.05) is 4.91 Å². The number of azide groups is 1. The monoisotopic (exact) mass is 150 g/mol. The van der Waals surface area contributed by atoms with Crippen LogP contribution in [-0.4, -0.2) is 0 Å². The molecule has 0 aromatic carbocycles. The van der Waals surface area contributed by atoms with Gasteiger partial charge in [-0.1, -0.05) is 5.11 Å². The highest BCUT2D eigenvalue weighted by Crippen LogP contribution is 2.23. The summed E-state index contributed by atoms with van der Waals surface area (Å²) in [6.45, 7) is 0. The van der Waals surface area contributed by atoms with E-state index in [2.05, 4.69) is 10.0 Å². The van der Waals surface area contributed by atoms with Gasteiger partial charge in [-0.2, -0.15) is 5.26 Å². The van der Waals surface area contributed by atoms with E-state index in [9.17, 15) is 0 Å². The van der Waals surface area contributed by atoms with Crippen molar-refractivity contribution < 1.29 is 0 Å². The lowest BCUT2D eigenvalue weighted by molar-refractivity contribution is 1.47. The third kappa shape index (κ3) is 1.08. The highest BCUT2D eigenvalue weighted by Gasteiger charge is 1.97. The minimum absolute atomic E-state index is 0.412. The highest BCUT2D eigenvalue weighted by molar-refractivity contribution is 7.11. The van der Waals surface area contributed by atoms with Gasteiger partial charge < -0.3 is 0 Å². The Morgan fingerprint density at radius 1 is 1.80 bits per heavy atom. The molecule has 0 aliphatic carbocycles. The molecule has 0 saturated heterocycles. The van der Waals surface area contributed by atoms with E-state index in [0.717, 1.165) is 0 Å². The largest absolute Gasteiger partial charge is 0.192 e. The molecular formula is C5H2N4S. The Morgan fingerprint density at radius 2 is 2.60 bits per heavy atom. The molecule has 10 heavy (non-hydrogen) atoms. The van der Waals surface area contributed by atoms with Gasteiger partial charge >= 0.3 is 0 Å². The van der Waals surface area contributed by atoms with Crippen LogP contribution in [0.25, 0.3) is 10.4 Å². The van der Waals surface area contributed by atoms with Gasteiger partial charge in [0.05, 0.1) is 5.69 Å². The van der Waals surface area contributed by atoms with E-state index in [1.807, 2.05) is 6.07 Å². The standard InChI is InChI=1S/C5H2N4S/c6-3-5-4(8-9-7)1-2-10-5/h1-2H. The summed E-state index contributed by atoms with van der Waals surface area (Å²) in [5.41, 5.74) is 8.42. The average Bonchev–Trinajstić information content (AvgIpc) is 2.36. The molecule has 0 atom stereocenters. The average molecular weight is 150 g/mol. The van der Waals surface area contributed by atoms with Gasteiger partial charge in [-0.15, -0.1) is 11.3 Å². The number of nitrogens with zero attached hydrogens (tertiary/aromatic N) is 4. The first-order valence-corrected chi connectivity index (χ1v) is 3.29. The van der Waals surface area contributed by atoms with Crippen molar-refractivity contribution in [2.45, 2.75) is 0 Å².